The van der Waals surface area contributed by atoms with Gasteiger partial charge in [-0.3, -0.25) is 9.48 Å². The zero-order chi connectivity index (χ0) is 19.0. The number of hydrogen-bond acceptors (Lipinski definition) is 5. The lowest BCUT2D eigenvalue weighted by atomic mass is 10.1. The Morgan fingerprint density at radius 3 is 2.81 bits per heavy atom. The van der Waals surface area contributed by atoms with Gasteiger partial charge in [0.15, 0.2) is 5.65 Å². The van der Waals surface area contributed by atoms with E-state index in [9.17, 15) is 4.79 Å². The van der Waals surface area contributed by atoms with Crippen LogP contribution in [0, 0.1) is 13.8 Å². The average molecular weight is 380 g/mol. The molecule has 4 aromatic rings. The van der Waals surface area contributed by atoms with Crippen molar-refractivity contribution in [3.8, 4) is 0 Å². The number of pyridine rings is 1. The van der Waals surface area contributed by atoms with Crippen molar-refractivity contribution in [2.24, 2.45) is 7.05 Å². The number of carbonyl (C=O) groups excluding carboxylic acids is 1. The number of furan rings is 1. The van der Waals surface area contributed by atoms with Crippen molar-refractivity contribution in [2.75, 3.05) is 0 Å². The third kappa shape index (κ3) is 3.38. The van der Waals surface area contributed by atoms with E-state index in [1.54, 1.807) is 22.3 Å². The van der Waals surface area contributed by atoms with E-state index in [2.05, 4.69) is 10.1 Å². The van der Waals surface area contributed by atoms with Crippen molar-refractivity contribution >= 4 is 28.3 Å². The SMILES string of the molecule is Cc1cc(C(=O)N(Cc2ccco2)Cc2cccs2)c2c(C)nn(C)c2n1. The second-order valence-corrected chi connectivity index (χ2v) is 7.57. The highest BCUT2D eigenvalue weighted by Gasteiger charge is 2.23. The normalized spacial score (nSPS) is 11.2. The van der Waals surface area contributed by atoms with E-state index in [1.807, 2.05) is 61.5 Å². The van der Waals surface area contributed by atoms with Gasteiger partial charge in [-0.1, -0.05) is 6.07 Å². The summed E-state index contributed by atoms with van der Waals surface area (Å²) in [6, 6.07) is 9.61. The van der Waals surface area contributed by atoms with Crippen LogP contribution in [0.15, 0.2) is 46.4 Å². The zero-order valence-electron chi connectivity index (χ0n) is 15.5. The minimum atomic E-state index is -0.0496. The molecule has 0 saturated heterocycles. The Morgan fingerprint density at radius 1 is 1.26 bits per heavy atom. The van der Waals surface area contributed by atoms with E-state index >= 15 is 0 Å². The molecule has 27 heavy (non-hydrogen) atoms. The first-order valence-corrected chi connectivity index (χ1v) is 9.56. The fraction of sp³-hybridized carbons (Fsp3) is 0.250. The second-order valence-electron chi connectivity index (χ2n) is 6.54. The third-order valence-corrected chi connectivity index (χ3v) is 5.33. The van der Waals surface area contributed by atoms with Crippen LogP contribution in [0.4, 0.5) is 0 Å². The maximum atomic E-state index is 13.5. The molecule has 138 valence electrons. The number of fused-ring (bicyclic) bond motifs is 1. The van der Waals surface area contributed by atoms with Crippen molar-refractivity contribution in [3.63, 3.8) is 0 Å². The lowest BCUT2D eigenvalue weighted by Crippen LogP contribution is -2.30. The van der Waals surface area contributed by atoms with E-state index in [1.165, 1.54) is 0 Å². The first kappa shape index (κ1) is 17.5. The molecule has 0 fully saturated rings. The molecule has 4 heterocycles. The number of aromatic nitrogens is 3. The molecule has 4 rings (SSSR count). The lowest BCUT2D eigenvalue weighted by molar-refractivity contribution is 0.0721. The number of rotatable bonds is 5. The zero-order valence-corrected chi connectivity index (χ0v) is 16.3. The van der Waals surface area contributed by atoms with Crippen molar-refractivity contribution in [1.29, 1.82) is 0 Å². The highest BCUT2D eigenvalue weighted by molar-refractivity contribution is 7.09. The number of carbonyl (C=O) groups is 1. The predicted molar refractivity (Wildman–Crippen MR) is 105 cm³/mol. The summed E-state index contributed by atoms with van der Waals surface area (Å²) in [6.45, 7) is 4.74. The van der Waals surface area contributed by atoms with Crippen LogP contribution in [0.2, 0.25) is 0 Å². The summed E-state index contributed by atoms with van der Waals surface area (Å²) in [7, 11) is 1.85. The highest BCUT2D eigenvalue weighted by atomic mass is 32.1. The number of hydrogen-bond donors (Lipinski definition) is 0. The summed E-state index contributed by atoms with van der Waals surface area (Å²) in [5.74, 6) is 0.705. The summed E-state index contributed by atoms with van der Waals surface area (Å²) in [4.78, 5) is 21.0. The minimum absolute atomic E-state index is 0.0496. The quantitative estimate of drug-likeness (QED) is 0.523. The predicted octanol–water partition coefficient (Wildman–Crippen LogP) is 4.08. The van der Waals surface area contributed by atoms with Crippen molar-refractivity contribution in [1.82, 2.24) is 19.7 Å². The topological polar surface area (TPSA) is 64.2 Å². The van der Waals surface area contributed by atoms with Gasteiger partial charge in [-0.15, -0.1) is 11.3 Å². The summed E-state index contributed by atoms with van der Waals surface area (Å²) in [6.07, 6.45) is 1.63. The molecule has 7 heteroatoms. The van der Waals surface area contributed by atoms with E-state index in [0.717, 1.165) is 33.1 Å². The van der Waals surface area contributed by atoms with E-state index < -0.39 is 0 Å². The van der Waals surface area contributed by atoms with Gasteiger partial charge in [-0.05, 0) is 43.5 Å². The molecule has 6 nitrogen and oxygen atoms in total. The van der Waals surface area contributed by atoms with E-state index in [0.29, 0.717) is 18.7 Å². The Labute approximate surface area is 161 Å². The van der Waals surface area contributed by atoms with Gasteiger partial charge in [0, 0.05) is 17.6 Å². The van der Waals surface area contributed by atoms with Crippen LogP contribution < -0.4 is 0 Å². The molecule has 0 N–H and O–H groups in total. The standard InChI is InChI=1S/C20H20N4O2S/c1-13-10-17(18-14(2)22-23(3)19(18)21-13)20(25)24(11-15-6-4-8-26-15)12-16-7-5-9-27-16/h4-10H,11-12H2,1-3H3. The number of amides is 1. The Hall–Kier alpha value is -2.93. The maximum Gasteiger partial charge on any atom is 0.255 e. The Bertz CT molecular complexity index is 1050. The Morgan fingerprint density at radius 2 is 2.11 bits per heavy atom. The number of nitrogens with zero attached hydrogens (tertiary/aromatic N) is 4. The largest absolute Gasteiger partial charge is 0.467 e. The molecule has 0 radical (unpaired) electrons. The summed E-state index contributed by atoms with van der Waals surface area (Å²) < 4.78 is 7.22. The van der Waals surface area contributed by atoms with E-state index in [4.69, 9.17) is 4.42 Å². The van der Waals surface area contributed by atoms with Crippen LogP contribution in [-0.4, -0.2) is 25.6 Å². The van der Waals surface area contributed by atoms with Crippen LogP contribution in [0.5, 0.6) is 0 Å². The molecule has 0 aromatic carbocycles. The molecule has 0 bridgehead atoms. The van der Waals surface area contributed by atoms with Gasteiger partial charge in [0.05, 0.1) is 36.0 Å². The summed E-state index contributed by atoms with van der Waals surface area (Å²) in [5, 5.41) is 7.28. The maximum absolute atomic E-state index is 13.5. The average Bonchev–Trinajstić information content (AvgIpc) is 3.37. The lowest BCUT2D eigenvalue weighted by Gasteiger charge is -2.22. The van der Waals surface area contributed by atoms with Crippen molar-refractivity contribution in [2.45, 2.75) is 26.9 Å². The van der Waals surface area contributed by atoms with Crippen molar-refractivity contribution < 1.29 is 9.21 Å². The van der Waals surface area contributed by atoms with Gasteiger partial charge in [-0.2, -0.15) is 5.10 Å². The van der Waals surface area contributed by atoms with Gasteiger partial charge < -0.3 is 9.32 Å². The second kappa shape index (κ2) is 7.00. The Balaban J connectivity index is 1.78. The highest BCUT2D eigenvalue weighted by Crippen LogP contribution is 2.25. The molecule has 0 aliphatic heterocycles. The van der Waals surface area contributed by atoms with Gasteiger partial charge in [-0.25, -0.2) is 4.98 Å². The summed E-state index contributed by atoms with van der Waals surface area (Å²) in [5.41, 5.74) is 2.96. The molecule has 0 saturated carbocycles. The fourth-order valence-corrected chi connectivity index (χ4v) is 4.01. The molecule has 0 aliphatic rings. The minimum Gasteiger partial charge on any atom is -0.467 e. The third-order valence-electron chi connectivity index (χ3n) is 4.47. The van der Waals surface area contributed by atoms with Gasteiger partial charge in [0.1, 0.15) is 5.76 Å². The number of thiophene rings is 1. The monoisotopic (exact) mass is 380 g/mol. The molecular weight excluding hydrogens is 360 g/mol. The molecular formula is C20H20N4O2S. The van der Waals surface area contributed by atoms with Crippen LogP contribution in [0.1, 0.15) is 32.4 Å². The van der Waals surface area contributed by atoms with Gasteiger partial charge >= 0.3 is 0 Å². The number of aryl methyl sites for hydroxylation is 3. The fourth-order valence-electron chi connectivity index (χ4n) is 3.29. The molecule has 0 aliphatic carbocycles. The van der Waals surface area contributed by atoms with Crippen molar-refractivity contribution in [3.05, 3.63) is 69.6 Å². The van der Waals surface area contributed by atoms with Crippen LogP contribution in [0.25, 0.3) is 11.0 Å². The molecule has 0 atom stereocenters. The first-order chi connectivity index (χ1) is 13.0. The smallest absolute Gasteiger partial charge is 0.255 e. The molecule has 1 amide bonds. The van der Waals surface area contributed by atoms with Crippen LogP contribution in [-0.2, 0) is 20.1 Å². The van der Waals surface area contributed by atoms with Gasteiger partial charge in [0.2, 0.25) is 0 Å². The molecule has 0 unspecified atom stereocenters. The summed E-state index contributed by atoms with van der Waals surface area (Å²) >= 11 is 1.64. The van der Waals surface area contributed by atoms with Gasteiger partial charge in [0.25, 0.3) is 5.91 Å². The molecule has 4 aromatic heterocycles. The van der Waals surface area contributed by atoms with Crippen LogP contribution in [0.3, 0.4) is 0 Å². The Kier molecular flexibility index (Phi) is 4.53. The molecule has 0 spiro atoms. The first-order valence-electron chi connectivity index (χ1n) is 8.68. The van der Waals surface area contributed by atoms with Crippen LogP contribution >= 0.6 is 11.3 Å². The van der Waals surface area contributed by atoms with E-state index in [-0.39, 0.29) is 5.91 Å².